The molecule has 0 saturated heterocycles. The van der Waals surface area contributed by atoms with Gasteiger partial charge in [-0.3, -0.25) is 9.59 Å². The molecule has 5 nitrogen and oxygen atoms in total. The molecule has 1 unspecified atom stereocenters. The number of rotatable bonds is 5. The fourth-order valence-corrected chi connectivity index (χ4v) is 1.10. The lowest BCUT2D eigenvalue weighted by Gasteiger charge is -2.12. The molecule has 5 heteroatoms. The molecular weight excluding hydrogens is 182 g/mol. The van der Waals surface area contributed by atoms with Gasteiger partial charge in [0.2, 0.25) is 11.8 Å². The van der Waals surface area contributed by atoms with Crippen LogP contribution < -0.4 is 16.0 Å². The molecule has 1 rings (SSSR count). The maximum atomic E-state index is 11.3. The molecule has 0 spiro atoms. The summed E-state index contributed by atoms with van der Waals surface area (Å²) >= 11 is 0. The van der Waals surface area contributed by atoms with Crippen LogP contribution in [0.25, 0.3) is 0 Å². The van der Waals surface area contributed by atoms with Crippen LogP contribution in [0.1, 0.15) is 19.8 Å². The molecule has 1 aliphatic rings. The minimum atomic E-state index is -0.464. The number of likely N-dealkylation sites (N-methyl/N-ethyl adjacent to an activating group) is 1. The van der Waals surface area contributed by atoms with E-state index in [2.05, 4.69) is 16.0 Å². The SMILES string of the molecule is CNC(=O)C(C)NC(=O)CNC1CC1. The summed E-state index contributed by atoms with van der Waals surface area (Å²) in [6, 6.07) is 0.0459. The van der Waals surface area contributed by atoms with E-state index in [9.17, 15) is 9.59 Å². The van der Waals surface area contributed by atoms with Crippen molar-refractivity contribution in [2.75, 3.05) is 13.6 Å². The molecule has 14 heavy (non-hydrogen) atoms. The lowest BCUT2D eigenvalue weighted by molar-refractivity contribution is -0.127. The molecular formula is C9H17N3O2. The summed E-state index contributed by atoms with van der Waals surface area (Å²) in [5, 5.41) is 8.15. The Hall–Kier alpha value is -1.10. The van der Waals surface area contributed by atoms with Gasteiger partial charge in [-0.25, -0.2) is 0 Å². The normalized spacial score (nSPS) is 17.3. The number of amides is 2. The molecule has 1 atom stereocenters. The van der Waals surface area contributed by atoms with Crippen LogP contribution in [0.4, 0.5) is 0 Å². The average Bonchev–Trinajstić information content (AvgIpc) is 2.96. The topological polar surface area (TPSA) is 70.2 Å². The second-order valence-electron chi connectivity index (χ2n) is 3.56. The molecule has 1 aliphatic carbocycles. The van der Waals surface area contributed by atoms with Crippen LogP contribution in [0, 0.1) is 0 Å². The molecule has 1 saturated carbocycles. The van der Waals surface area contributed by atoms with E-state index in [1.165, 1.54) is 0 Å². The molecule has 0 radical (unpaired) electrons. The van der Waals surface area contributed by atoms with Crippen molar-refractivity contribution in [1.29, 1.82) is 0 Å². The van der Waals surface area contributed by atoms with Gasteiger partial charge in [0, 0.05) is 13.1 Å². The first-order valence-electron chi connectivity index (χ1n) is 4.88. The quantitative estimate of drug-likeness (QED) is 0.531. The first-order valence-corrected chi connectivity index (χ1v) is 4.88. The summed E-state index contributed by atoms with van der Waals surface area (Å²) in [6.07, 6.45) is 2.30. The second kappa shape index (κ2) is 4.95. The number of hydrogen-bond donors (Lipinski definition) is 3. The van der Waals surface area contributed by atoms with Crippen molar-refractivity contribution in [1.82, 2.24) is 16.0 Å². The number of carbonyl (C=O) groups excluding carboxylic acids is 2. The Balaban J connectivity index is 2.14. The van der Waals surface area contributed by atoms with Crippen molar-refractivity contribution in [3.8, 4) is 0 Å². The minimum absolute atomic E-state index is 0.131. The van der Waals surface area contributed by atoms with Crippen molar-refractivity contribution >= 4 is 11.8 Å². The van der Waals surface area contributed by atoms with E-state index in [0.29, 0.717) is 12.6 Å². The fourth-order valence-electron chi connectivity index (χ4n) is 1.10. The zero-order chi connectivity index (χ0) is 10.6. The van der Waals surface area contributed by atoms with Crippen LogP contribution in [0.3, 0.4) is 0 Å². The van der Waals surface area contributed by atoms with Crippen LogP contribution in [0.5, 0.6) is 0 Å². The van der Waals surface area contributed by atoms with Gasteiger partial charge in [0.15, 0.2) is 0 Å². The highest BCUT2D eigenvalue weighted by Crippen LogP contribution is 2.17. The Labute approximate surface area is 83.6 Å². The first-order chi connectivity index (χ1) is 6.63. The zero-order valence-electron chi connectivity index (χ0n) is 8.59. The Morgan fingerprint density at radius 2 is 2.07 bits per heavy atom. The highest BCUT2D eigenvalue weighted by molar-refractivity contribution is 5.87. The minimum Gasteiger partial charge on any atom is -0.357 e. The summed E-state index contributed by atoms with van der Waals surface area (Å²) in [6.45, 7) is 1.96. The van der Waals surface area contributed by atoms with E-state index < -0.39 is 6.04 Å². The van der Waals surface area contributed by atoms with Gasteiger partial charge in [0.1, 0.15) is 6.04 Å². The lowest BCUT2D eigenvalue weighted by atomic mass is 10.3. The van der Waals surface area contributed by atoms with Crippen LogP contribution >= 0.6 is 0 Å². The Bertz CT molecular complexity index is 226. The molecule has 0 aromatic heterocycles. The van der Waals surface area contributed by atoms with Gasteiger partial charge >= 0.3 is 0 Å². The van der Waals surface area contributed by atoms with Crippen molar-refractivity contribution in [2.45, 2.75) is 31.8 Å². The zero-order valence-corrected chi connectivity index (χ0v) is 8.59. The van der Waals surface area contributed by atoms with Crippen LogP contribution in [0.15, 0.2) is 0 Å². The highest BCUT2D eigenvalue weighted by atomic mass is 16.2. The van der Waals surface area contributed by atoms with Gasteiger partial charge < -0.3 is 16.0 Å². The first kappa shape index (κ1) is 11.0. The smallest absolute Gasteiger partial charge is 0.242 e. The average molecular weight is 199 g/mol. The standard InChI is InChI=1S/C9H17N3O2/c1-6(9(14)10-2)12-8(13)5-11-7-3-4-7/h6-7,11H,3-5H2,1-2H3,(H,10,14)(H,12,13). The molecule has 3 N–H and O–H groups in total. The monoisotopic (exact) mass is 199 g/mol. The molecule has 1 fully saturated rings. The van der Waals surface area contributed by atoms with Gasteiger partial charge in [0.05, 0.1) is 6.54 Å². The van der Waals surface area contributed by atoms with E-state index in [0.717, 1.165) is 12.8 Å². The van der Waals surface area contributed by atoms with E-state index in [-0.39, 0.29) is 11.8 Å². The van der Waals surface area contributed by atoms with E-state index in [1.807, 2.05) is 0 Å². The van der Waals surface area contributed by atoms with Crippen LogP contribution in [-0.2, 0) is 9.59 Å². The predicted octanol–water partition coefficient (Wildman–Crippen LogP) is -1.01. The lowest BCUT2D eigenvalue weighted by Crippen LogP contribution is -2.46. The van der Waals surface area contributed by atoms with Gasteiger partial charge in [-0.1, -0.05) is 0 Å². The van der Waals surface area contributed by atoms with Crippen molar-refractivity contribution < 1.29 is 9.59 Å². The largest absolute Gasteiger partial charge is 0.357 e. The predicted molar refractivity (Wildman–Crippen MR) is 52.7 cm³/mol. The van der Waals surface area contributed by atoms with Crippen LogP contribution in [0.2, 0.25) is 0 Å². The molecule has 0 aromatic rings. The number of nitrogens with one attached hydrogen (secondary N) is 3. The molecule has 80 valence electrons. The Morgan fingerprint density at radius 1 is 1.43 bits per heavy atom. The third kappa shape index (κ3) is 3.74. The molecule has 0 aliphatic heterocycles. The maximum Gasteiger partial charge on any atom is 0.242 e. The van der Waals surface area contributed by atoms with E-state index >= 15 is 0 Å². The van der Waals surface area contributed by atoms with Crippen LogP contribution in [-0.4, -0.2) is 37.5 Å². The summed E-state index contributed by atoms with van der Waals surface area (Å²) in [7, 11) is 1.55. The summed E-state index contributed by atoms with van der Waals surface area (Å²) in [4.78, 5) is 22.3. The van der Waals surface area contributed by atoms with Gasteiger partial charge in [-0.15, -0.1) is 0 Å². The van der Waals surface area contributed by atoms with E-state index in [4.69, 9.17) is 0 Å². The van der Waals surface area contributed by atoms with Gasteiger partial charge in [-0.2, -0.15) is 0 Å². The Morgan fingerprint density at radius 3 is 2.57 bits per heavy atom. The maximum absolute atomic E-state index is 11.3. The fraction of sp³-hybridized carbons (Fsp3) is 0.778. The molecule has 0 bridgehead atoms. The van der Waals surface area contributed by atoms with Gasteiger partial charge in [-0.05, 0) is 19.8 Å². The summed E-state index contributed by atoms with van der Waals surface area (Å²) < 4.78 is 0. The summed E-state index contributed by atoms with van der Waals surface area (Å²) in [5.41, 5.74) is 0. The second-order valence-corrected chi connectivity index (χ2v) is 3.56. The van der Waals surface area contributed by atoms with Crippen molar-refractivity contribution in [3.05, 3.63) is 0 Å². The molecule has 0 heterocycles. The summed E-state index contributed by atoms with van der Waals surface area (Å²) in [5.74, 6) is -0.308. The third-order valence-corrected chi connectivity index (χ3v) is 2.15. The molecule has 0 aromatic carbocycles. The third-order valence-electron chi connectivity index (χ3n) is 2.15. The van der Waals surface area contributed by atoms with E-state index in [1.54, 1.807) is 14.0 Å². The van der Waals surface area contributed by atoms with Crippen molar-refractivity contribution in [3.63, 3.8) is 0 Å². The van der Waals surface area contributed by atoms with Crippen molar-refractivity contribution in [2.24, 2.45) is 0 Å². The Kier molecular flexibility index (Phi) is 3.88. The number of hydrogen-bond acceptors (Lipinski definition) is 3. The molecule has 2 amide bonds. The number of carbonyl (C=O) groups is 2. The highest BCUT2D eigenvalue weighted by Gasteiger charge is 2.22. The van der Waals surface area contributed by atoms with Gasteiger partial charge in [0.25, 0.3) is 0 Å².